The van der Waals surface area contributed by atoms with Crippen LogP contribution in [0.1, 0.15) is 0 Å². The van der Waals surface area contributed by atoms with E-state index in [4.69, 9.17) is 0 Å². The normalized spacial score (nSPS) is 10.9. The minimum Gasteiger partial charge on any atom is -0.324 e. The molecule has 0 saturated carbocycles. The highest BCUT2D eigenvalue weighted by Gasteiger charge is 2.12. The fraction of sp³-hybridized carbons (Fsp3) is 0.0455. The zero-order valence-electron chi connectivity index (χ0n) is 16.7. The molecule has 1 N–H and O–H groups in total. The summed E-state index contributed by atoms with van der Waals surface area (Å²) in [5, 5.41) is 26.2. The van der Waals surface area contributed by atoms with Crippen molar-refractivity contribution in [1.29, 1.82) is 0 Å². The number of carbonyl (C=O) groups excluding carboxylic acids is 1. The molecule has 1 aromatic heterocycles. The van der Waals surface area contributed by atoms with E-state index in [0.29, 0.717) is 22.8 Å². The van der Waals surface area contributed by atoms with Crippen LogP contribution in [0.3, 0.4) is 0 Å². The van der Waals surface area contributed by atoms with Crippen LogP contribution < -0.4 is 5.32 Å². The standard InChI is InChI=1S/C22H17N7O3/c30-21(14-28-15-23-22(27-28)16-5-4-8-20(13-16)29(31)32)24-17-9-11-19(12-10-17)26-25-18-6-2-1-3-7-18/h1-13,15H,14H2,(H,24,30). The first-order valence-electron chi connectivity index (χ1n) is 9.58. The number of nitro groups is 1. The van der Waals surface area contributed by atoms with Gasteiger partial charge in [0.25, 0.3) is 5.69 Å². The third-order valence-electron chi connectivity index (χ3n) is 4.35. The minimum absolute atomic E-state index is 0.0525. The molecule has 10 nitrogen and oxygen atoms in total. The van der Waals surface area contributed by atoms with Crippen LogP contribution in [0.4, 0.5) is 22.7 Å². The molecule has 0 aliphatic rings. The molecule has 4 aromatic rings. The highest BCUT2D eigenvalue weighted by molar-refractivity contribution is 5.90. The van der Waals surface area contributed by atoms with Crippen LogP contribution in [0.2, 0.25) is 0 Å². The van der Waals surface area contributed by atoms with Crippen molar-refractivity contribution >= 4 is 28.7 Å². The zero-order chi connectivity index (χ0) is 22.3. The van der Waals surface area contributed by atoms with Crippen molar-refractivity contribution in [3.63, 3.8) is 0 Å². The van der Waals surface area contributed by atoms with Gasteiger partial charge in [-0.05, 0) is 36.4 Å². The van der Waals surface area contributed by atoms with E-state index in [9.17, 15) is 14.9 Å². The van der Waals surface area contributed by atoms with Crippen molar-refractivity contribution in [1.82, 2.24) is 14.8 Å². The molecule has 0 bridgehead atoms. The second-order valence-electron chi connectivity index (χ2n) is 6.70. The minimum atomic E-state index is -0.484. The summed E-state index contributed by atoms with van der Waals surface area (Å²) in [6.07, 6.45) is 1.40. The van der Waals surface area contributed by atoms with Crippen LogP contribution in [0, 0.1) is 10.1 Å². The topological polar surface area (TPSA) is 128 Å². The molecule has 4 rings (SSSR count). The fourth-order valence-corrected chi connectivity index (χ4v) is 2.83. The first-order valence-corrected chi connectivity index (χ1v) is 9.58. The summed E-state index contributed by atoms with van der Waals surface area (Å²) in [7, 11) is 0. The molecule has 0 aliphatic carbocycles. The van der Waals surface area contributed by atoms with E-state index < -0.39 is 4.92 Å². The maximum absolute atomic E-state index is 12.3. The second-order valence-corrected chi connectivity index (χ2v) is 6.70. The average Bonchev–Trinajstić information content (AvgIpc) is 3.28. The van der Waals surface area contributed by atoms with E-state index in [1.165, 1.54) is 23.1 Å². The summed E-state index contributed by atoms with van der Waals surface area (Å²) >= 11 is 0. The first kappa shape index (κ1) is 20.5. The number of nitrogens with one attached hydrogen (secondary N) is 1. The molecule has 0 unspecified atom stereocenters. The number of nitrogens with zero attached hydrogens (tertiary/aromatic N) is 6. The number of carbonyl (C=O) groups is 1. The Hall–Kier alpha value is -4.73. The summed E-state index contributed by atoms with van der Waals surface area (Å²) in [6.45, 7) is -0.0581. The Balaban J connectivity index is 1.35. The van der Waals surface area contributed by atoms with Gasteiger partial charge in [-0.15, -0.1) is 0 Å². The van der Waals surface area contributed by atoms with Crippen LogP contribution in [0.5, 0.6) is 0 Å². The SMILES string of the molecule is O=C(Cn1cnc(-c2cccc([N+](=O)[O-])c2)n1)Nc1ccc(N=Nc2ccccc2)cc1. The molecule has 0 aliphatic heterocycles. The van der Waals surface area contributed by atoms with Crippen molar-refractivity contribution in [2.75, 3.05) is 5.32 Å². The van der Waals surface area contributed by atoms with Gasteiger partial charge < -0.3 is 5.32 Å². The predicted molar refractivity (Wildman–Crippen MR) is 118 cm³/mol. The fourth-order valence-electron chi connectivity index (χ4n) is 2.83. The van der Waals surface area contributed by atoms with E-state index in [2.05, 4.69) is 25.6 Å². The number of nitro benzene ring substituents is 1. The molecular formula is C22H17N7O3. The van der Waals surface area contributed by atoms with Crippen LogP contribution >= 0.6 is 0 Å². The molecule has 0 spiro atoms. The van der Waals surface area contributed by atoms with Gasteiger partial charge in [0, 0.05) is 23.4 Å². The number of non-ortho nitro benzene ring substituents is 1. The van der Waals surface area contributed by atoms with Crippen LogP contribution in [0.15, 0.2) is 95.4 Å². The van der Waals surface area contributed by atoms with E-state index in [0.717, 1.165) is 5.69 Å². The van der Waals surface area contributed by atoms with Crippen molar-refractivity contribution < 1.29 is 9.72 Å². The zero-order valence-corrected chi connectivity index (χ0v) is 16.7. The Morgan fingerprint density at radius 2 is 1.69 bits per heavy atom. The molecule has 32 heavy (non-hydrogen) atoms. The number of anilines is 1. The van der Waals surface area contributed by atoms with Crippen molar-refractivity contribution in [3.05, 3.63) is 95.3 Å². The van der Waals surface area contributed by atoms with E-state index in [1.54, 1.807) is 36.4 Å². The van der Waals surface area contributed by atoms with Crippen LogP contribution in [-0.2, 0) is 11.3 Å². The molecule has 0 fully saturated rings. The van der Waals surface area contributed by atoms with Gasteiger partial charge >= 0.3 is 0 Å². The number of hydrogen-bond donors (Lipinski definition) is 1. The quantitative estimate of drug-likeness (QED) is 0.255. The Labute approximate surface area is 182 Å². The maximum Gasteiger partial charge on any atom is 0.270 e. The average molecular weight is 427 g/mol. The van der Waals surface area contributed by atoms with Gasteiger partial charge in [-0.1, -0.05) is 30.3 Å². The molecule has 10 heteroatoms. The number of aromatic nitrogens is 3. The van der Waals surface area contributed by atoms with Crippen molar-refractivity contribution in [3.8, 4) is 11.4 Å². The van der Waals surface area contributed by atoms with Crippen molar-refractivity contribution in [2.45, 2.75) is 6.54 Å². The smallest absolute Gasteiger partial charge is 0.270 e. The second kappa shape index (κ2) is 9.39. The summed E-state index contributed by atoms with van der Waals surface area (Å²) in [5.74, 6) is 0.00813. The predicted octanol–water partition coefficient (Wildman–Crippen LogP) is 4.91. The largest absolute Gasteiger partial charge is 0.324 e. The van der Waals surface area contributed by atoms with Crippen molar-refractivity contribution in [2.24, 2.45) is 10.2 Å². The monoisotopic (exact) mass is 427 g/mol. The van der Waals surface area contributed by atoms with Gasteiger partial charge in [0.05, 0.1) is 16.3 Å². The Morgan fingerprint density at radius 1 is 0.969 bits per heavy atom. The lowest BCUT2D eigenvalue weighted by molar-refractivity contribution is -0.384. The number of rotatable bonds is 7. The molecule has 0 saturated heterocycles. The lowest BCUT2D eigenvalue weighted by atomic mass is 10.2. The lowest BCUT2D eigenvalue weighted by Gasteiger charge is -2.05. The van der Waals surface area contributed by atoms with Gasteiger partial charge in [0.2, 0.25) is 5.91 Å². The molecular weight excluding hydrogens is 410 g/mol. The van der Waals surface area contributed by atoms with E-state index in [-0.39, 0.29) is 18.1 Å². The maximum atomic E-state index is 12.3. The summed E-state index contributed by atoms with van der Waals surface area (Å²) in [6, 6.07) is 22.3. The number of hydrogen-bond acceptors (Lipinski definition) is 7. The number of amides is 1. The lowest BCUT2D eigenvalue weighted by Crippen LogP contribution is -2.19. The van der Waals surface area contributed by atoms with Crippen LogP contribution in [0.25, 0.3) is 11.4 Å². The first-order chi connectivity index (χ1) is 15.6. The third kappa shape index (κ3) is 5.25. The van der Waals surface area contributed by atoms with E-state index >= 15 is 0 Å². The van der Waals surface area contributed by atoms with Gasteiger partial charge in [-0.25, -0.2) is 9.67 Å². The molecule has 1 amide bonds. The van der Waals surface area contributed by atoms with Gasteiger partial charge in [-0.3, -0.25) is 14.9 Å². The highest BCUT2D eigenvalue weighted by atomic mass is 16.6. The van der Waals surface area contributed by atoms with E-state index in [1.807, 2.05) is 30.3 Å². The number of azo groups is 1. The summed E-state index contributed by atoms with van der Waals surface area (Å²) in [4.78, 5) is 26.9. The van der Waals surface area contributed by atoms with Gasteiger partial charge in [0.15, 0.2) is 5.82 Å². The molecule has 0 atom stereocenters. The highest BCUT2D eigenvalue weighted by Crippen LogP contribution is 2.21. The molecule has 3 aromatic carbocycles. The van der Waals surface area contributed by atoms with Gasteiger partial charge in [-0.2, -0.15) is 15.3 Å². The third-order valence-corrected chi connectivity index (χ3v) is 4.35. The number of benzene rings is 3. The summed E-state index contributed by atoms with van der Waals surface area (Å²) in [5.41, 5.74) is 2.46. The molecule has 1 heterocycles. The Morgan fingerprint density at radius 3 is 2.41 bits per heavy atom. The summed E-state index contributed by atoms with van der Waals surface area (Å²) < 4.78 is 1.37. The molecule has 0 radical (unpaired) electrons. The molecule has 158 valence electrons. The van der Waals surface area contributed by atoms with Crippen LogP contribution in [-0.4, -0.2) is 25.6 Å². The Kier molecular flexibility index (Phi) is 6.03. The van der Waals surface area contributed by atoms with Gasteiger partial charge in [0.1, 0.15) is 12.9 Å². The Bertz CT molecular complexity index is 1270.